The summed E-state index contributed by atoms with van der Waals surface area (Å²) in [6.45, 7) is 3.35. The van der Waals surface area contributed by atoms with E-state index >= 15 is 0 Å². The van der Waals surface area contributed by atoms with Crippen molar-refractivity contribution in [2.24, 2.45) is 0 Å². The standard InChI is InChI=1S/C15H18N2O6/c1-3-22-14(20)11(15(21)23-4-2)9-16-17-13(19)10-7-5-6-8-12(10)18/h5-9,16,18H,3-4H2,1-2H3,(H,17,19). The second-order valence-corrected chi connectivity index (χ2v) is 4.11. The fraction of sp³-hybridized carbons (Fsp3) is 0.267. The van der Waals surface area contributed by atoms with Crippen LogP contribution < -0.4 is 10.9 Å². The van der Waals surface area contributed by atoms with Gasteiger partial charge in [0.15, 0.2) is 5.57 Å². The Bertz CT molecular complexity index is 592. The Kier molecular flexibility index (Phi) is 7.12. The number of phenols is 1. The summed E-state index contributed by atoms with van der Waals surface area (Å²) in [5.74, 6) is -2.61. The van der Waals surface area contributed by atoms with E-state index in [2.05, 4.69) is 10.9 Å². The Hall–Kier alpha value is -3.03. The number of hydrogen-bond acceptors (Lipinski definition) is 7. The Labute approximate surface area is 133 Å². The van der Waals surface area contributed by atoms with Crippen LogP contribution in [0.15, 0.2) is 36.0 Å². The van der Waals surface area contributed by atoms with Crippen LogP contribution in [0.4, 0.5) is 0 Å². The van der Waals surface area contributed by atoms with Gasteiger partial charge in [0.1, 0.15) is 5.75 Å². The molecule has 0 aliphatic carbocycles. The molecule has 0 saturated heterocycles. The van der Waals surface area contributed by atoms with E-state index in [1.165, 1.54) is 12.1 Å². The molecule has 0 aliphatic heterocycles. The molecule has 0 aromatic heterocycles. The molecule has 0 saturated carbocycles. The largest absolute Gasteiger partial charge is 0.507 e. The quantitative estimate of drug-likeness (QED) is 0.222. The third-order valence-electron chi connectivity index (χ3n) is 2.54. The highest BCUT2D eigenvalue weighted by molar-refractivity contribution is 6.14. The first-order valence-corrected chi connectivity index (χ1v) is 6.89. The number of carbonyl (C=O) groups excluding carboxylic acids is 3. The van der Waals surface area contributed by atoms with Gasteiger partial charge in [0.2, 0.25) is 0 Å². The van der Waals surface area contributed by atoms with E-state index in [9.17, 15) is 19.5 Å². The minimum atomic E-state index is -0.879. The summed E-state index contributed by atoms with van der Waals surface area (Å²) in [5.41, 5.74) is 4.17. The number of para-hydroxylation sites is 1. The van der Waals surface area contributed by atoms with E-state index in [1.54, 1.807) is 26.0 Å². The van der Waals surface area contributed by atoms with Crippen molar-refractivity contribution in [3.05, 3.63) is 41.6 Å². The fourth-order valence-electron chi connectivity index (χ4n) is 1.53. The zero-order chi connectivity index (χ0) is 17.2. The molecular formula is C15H18N2O6. The summed E-state index contributed by atoms with van der Waals surface area (Å²) in [6.07, 6.45) is 0.966. The second-order valence-electron chi connectivity index (χ2n) is 4.11. The average Bonchev–Trinajstić information content (AvgIpc) is 2.52. The highest BCUT2D eigenvalue weighted by atomic mass is 16.6. The summed E-state index contributed by atoms with van der Waals surface area (Å²) in [5, 5.41) is 9.55. The van der Waals surface area contributed by atoms with Crippen LogP contribution in [0, 0.1) is 0 Å². The van der Waals surface area contributed by atoms with Crippen LogP contribution >= 0.6 is 0 Å². The SMILES string of the molecule is CCOC(=O)C(=CNNC(=O)c1ccccc1O)C(=O)OCC. The van der Waals surface area contributed by atoms with Crippen molar-refractivity contribution in [1.29, 1.82) is 0 Å². The maximum atomic E-state index is 11.8. The summed E-state index contributed by atoms with van der Waals surface area (Å²) in [6, 6.07) is 5.91. The summed E-state index contributed by atoms with van der Waals surface area (Å²) < 4.78 is 9.46. The summed E-state index contributed by atoms with van der Waals surface area (Å²) in [4.78, 5) is 35.2. The molecule has 0 atom stereocenters. The molecule has 23 heavy (non-hydrogen) atoms. The normalized spacial score (nSPS) is 9.48. The van der Waals surface area contributed by atoms with Gasteiger partial charge in [-0.2, -0.15) is 0 Å². The number of nitrogens with one attached hydrogen (secondary N) is 2. The van der Waals surface area contributed by atoms with Gasteiger partial charge in [-0.3, -0.25) is 10.2 Å². The van der Waals surface area contributed by atoms with Crippen molar-refractivity contribution in [1.82, 2.24) is 10.9 Å². The van der Waals surface area contributed by atoms with Crippen LogP contribution in [0.25, 0.3) is 0 Å². The lowest BCUT2D eigenvalue weighted by Crippen LogP contribution is -2.35. The third kappa shape index (κ3) is 5.34. The number of esters is 2. The number of amides is 1. The molecule has 0 fully saturated rings. The first kappa shape index (κ1) is 18.0. The molecule has 0 spiro atoms. The molecule has 1 amide bonds. The molecule has 0 bridgehead atoms. The molecule has 1 aromatic rings. The van der Waals surface area contributed by atoms with Crippen LogP contribution in [0.5, 0.6) is 5.75 Å². The van der Waals surface area contributed by atoms with Gasteiger partial charge >= 0.3 is 11.9 Å². The number of ether oxygens (including phenoxy) is 2. The monoisotopic (exact) mass is 322 g/mol. The first-order chi connectivity index (χ1) is 11.0. The average molecular weight is 322 g/mol. The van der Waals surface area contributed by atoms with Crippen molar-refractivity contribution < 1.29 is 29.0 Å². The maximum absolute atomic E-state index is 11.8. The molecule has 0 heterocycles. The Morgan fingerprint density at radius 2 is 1.65 bits per heavy atom. The Morgan fingerprint density at radius 3 is 2.17 bits per heavy atom. The van der Waals surface area contributed by atoms with Gasteiger partial charge in [0.05, 0.1) is 18.8 Å². The molecule has 1 rings (SSSR count). The molecule has 8 nitrogen and oxygen atoms in total. The predicted octanol–water partition coefficient (Wildman–Crippen LogP) is 0.637. The van der Waals surface area contributed by atoms with Gasteiger partial charge in [-0.05, 0) is 26.0 Å². The van der Waals surface area contributed by atoms with Gasteiger partial charge in [0.25, 0.3) is 5.91 Å². The number of hydrogen-bond donors (Lipinski definition) is 3. The first-order valence-electron chi connectivity index (χ1n) is 6.89. The van der Waals surface area contributed by atoms with Crippen LogP contribution in [-0.4, -0.2) is 36.2 Å². The lowest BCUT2D eigenvalue weighted by molar-refractivity contribution is -0.146. The molecule has 1 aromatic carbocycles. The van der Waals surface area contributed by atoms with Crippen LogP contribution in [0.2, 0.25) is 0 Å². The topological polar surface area (TPSA) is 114 Å². The number of hydrazine groups is 1. The number of phenolic OH excluding ortho intramolecular Hbond substituents is 1. The van der Waals surface area contributed by atoms with Crippen molar-refractivity contribution in [2.45, 2.75) is 13.8 Å². The van der Waals surface area contributed by atoms with Crippen molar-refractivity contribution in [3.63, 3.8) is 0 Å². The number of carbonyl (C=O) groups is 3. The van der Waals surface area contributed by atoms with Gasteiger partial charge in [-0.15, -0.1) is 0 Å². The minimum Gasteiger partial charge on any atom is -0.507 e. The van der Waals surface area contributed by atoms with Crippen molar-refractivity contribution in [2.75, 3.05) is 13.2 Å². The van der Waals surface area contributed by atoms with E-state index in [1.807, 2.05) is 0 Å². The zero-order valence-electron chi connectivity index (χ0n) is 12.8. The van der Waals surface area contributed by atoms with E-state index < -0.39 is 23.4 Å². The van der Waals surface area contributed by atoms with Gasteiger partial charge in [0, 0.05) is 6.20 Å². The molecule has 0 unspecified atom stereocenters. The van der Waals surface area contributed by atoms with E-state index in [4.69, 9.17) is 9.47 Å². The molecule has 8 heteroatoms. The van der Waals surface area contributed by atoms with Gasteiger partial charge in [-0.25, -0.2) is 9.59 Å². The van der Waals surface area contributed by atoms with Crippen LogP contribution in [-0.2, 0) is 19.1 Å². The third-order valence-corrected chi connectivity index (χ3v) is 2.54. The molecule has 3 N–H and O–H groups in total. The number of aromatic hydroxyl groups is 1. The summed E-state index contributed by atoms with van der Waals surface area (Å²) >= 11 is 0. The summed E-state index contributed by atoms with van der Waals surface area (Å²) in [7, 11) is 0. The molecule has 124 valence electrons. The van der Waals surface area contributed by atoms with Crippen LogP contribution in [0.1, 0.15) is 24.2 Å². The Morgan fingerprint density at radius 1 is 1.09 bits per heavy atom. The van der Waals surface area contributed by atoms with Gasteiger partial charge in [-0.1, -0.05) is 12.1 Å². The Balaban J connectivity index is 2.77. The molecule has 0 radical (unpaired) electrons. The molecule has 0 aliphatic rings. The van der Waals surface area contributed by atoms with Crippen molar-refractivity contribution >= 4 is 17.8 Å². The fourth-order valence-corrected chi connectivity index (χ4v) is 1.53. The van der Waals surface area contributed by atoms with Crippen molar-refractivity contribution in [3.8, 4) is 5.75 Å². The highest BCUT2D eigenvalue weighted by Crippen LogP contribution is 2.14. The van der Waals surface area contributed by atoms with Crippen LogP contribution in [0.3, 0.4) is 0 Å². The minimum absolute atomic E-state index is 0.0298. The predicted molar refractivity (Wildman–Crippen MR) is 80.1 cm³/mol. The van der Waals surface area contributed by atoms with E-state index in [0.717, 1.165) is 6.20 Å². The van der Waals surface area contributed by atoms with E-state index in [0.29, 0.717) is 0 Å². The van der Waals surface area contributed by atoms with Gasteiger partial charge < -0.3 is 20.0 Å². The smallest absolute Gasteiger partial charge is 0.347 e. The highest BCUT2D eigenvalue weighted by Gasteiger charge is 2.21. The zero-order valence-corrected chi connectivity index (χ0v) is 12.8. The lowest BCUT2D eigenvalue weighted by atomic mass is 10.2. The number of rotatable bonds is 7. The number of benzene rings is 1. The molecular weight excluding hydrogens is 304 g/mol. The lowest BCUT2D eigenvalue weighted by Gasteiger charge is -2.09. The van der Waals surface area contributed by atoms with E-state index in [-0.39, 0.29) is 24.5 Å². The second kappa shape index (κ2) is 9.08. The maximum Gasteiger partial charge on any atom is 0.347 e.